The van der Waals surface area contributed by atoms with Crippen molar-refractivity contribution in [2.75, 3.05) is 13.7 Å². The van der Waals surface area contributed by atoms with Crippen LogP contribution in [0.3, 0.4) is 0 Å². The molecular formula is C17H27NO. The standard InChI is InChI=1S/C17H27NO/c1-6-18-16(17(19-5)14-7-8-14)15-10-12(3)11(2)9-13(15)4/h9-10,14,16-18H,6-8H2,1-5H3. The minimum atomic E-state index is 0.306. The Bertz CT molecular complexity index is 437. The normalized spacial score (nSPS) is 18.4. The predicted octanol–water partition coefficient (Wildman–Crippen LogP) is 3.69. The number of methoxy groups -OCH3 is 1. The summed E-state index contributed by atoms with van der Waals surface area (Å²) in [7, 11) is 1.85. The monoisotopic (exact) mass is 261 g/mol. The first kappa shape index (κ1) is 14.5. The van der Waals surface area contributed by atoms with Crippen molar-refractivity contribution >= 4 is 0 Å². The van der Waals surface area contributed by atoms with Gasteiger partial charge in [0, 0.05) is 7.11 Å². The van der Waals surface area contributed by atoms with Crippen LogP contribution in [-0.2, 0) is 4.74 Å². The summed E-state index contributed by atoms with van der Waals surface area (Å²) in [5, 5.41) is 3.63. The zero-order valence-electron chi connectivity index (χ0n) is 12.9. The number of rotatable bonds is 6. The Morgan fingerprint density at radius 3 is 2.32 bits per heavy atom. The molecule has 1 aromatic carbocycles. The van der Waals surface area contributed by atoms with Crippen LogP contribution in [0.1, 0.15) is 48.1 Å². The summed E-state index contributed by atoms with van der Waals surface area (Å²) in [6.45, 7) is 9.74. The van der Waals surface area contributed by atoms with Gasteiger partial charge in [-0.25, -0.2) is 0 Å². The molecule has 2 unspecified atom stereocenters. The van der Waals surface area contributed by atoms with Crippen molar-refractivity contribution in [3.8, 4) is 0 Å². The third-order valence-electron chi connectivity index (χ3n) is 4.33. The van der Waals surface area contributed by atoms with Gasteiger partial charge in [0.15, 0.2) is 0 Å². The van der Waals surface area contributed by atoms with Gasteiger partial charge >= 0.3 is 0 Å². The van der Waals surface area contributed by atoms with Gasteiger partial charge in [-0.2, -0.15) is 0 Å². The van der Waals surface area contributed by atoms with E-state index < -0.39 is 0 Å². The number of hydrogen-bond donors (Lipinski definition) is 1. The molecule has 2 atom stereocenters. The molecule has 0 bridgehead atoms. The molecule has 2 nitrogen and oxygen atoms in total. The number of likely N-dealkylation sites (N-methyl/N-ethyl adjacent to an activating group) is 1. The first-order valence-corrected chi connectivity index (χ1v) is 7.42. The number of nitrogens with one attached hydrogen (secondary N) is 1. The quantitative estimate of drug-likeness (QED) is 0.843. The third-order valence-corrected chi connectivity index (χ3v) is 4.33. The average Bonchev–Trinajstić information content (AvgIpc) is 3.18. The molecule has 19 heavy (non-hydrogen) atoms. The van der Waals surface area contributed by atoms with Gasteiger partial charge in [0.1, 0.15) is 0 Å². The summed E-state index contributed by atoms with van der Waals surface area (Å²) in [5.41, 5.74) is 5.52. The Morgan fingerprint density at radius 2 is 1.79 bits per heavy atom. The Balaban J connectivity index is 2.34. The van der Waals surface area contributed by atoms with E-state index in [0.29, 0.717) is 12.1 Å². The lowest BCUT2D eigenvalue weighted by atomic mass is 9.91. The molecule has 1 fully saturated rings. The van der Waals surface area contributed by atoms with Gasteiger partial charge in [-0.1, -0.05) is 19.1 Å². The maximum absolute atomic E-state index is 5.81. The van der Waals surface area contributed by atoms with Crippen LogP contribution >= 0.6 is 0 Å². The molecule has 1 aromatic rings. The van der Waals surface area contributed by atoms with Crippen molar-refractivity contribution in [2.24, 2.45) is 5.92 Å². The van der Waals surface area contributed by atoms with Crippen molar-refractivity contribution in [3.63, 3.8) is 0 Å². The van der Waals surface area contributed by atoms with Crippen LogP contribution in [0.15, 0.2) is 12.1 Å². The highest BCUT2D eigenvalue weighted by Crippen LogP contribution is 2.40. The van der Waals surface area contributed by atoms with Gasteiger partial charge in [-0.05, 0) is 68.3 Å². The van der Waals surface area contributed by atoms with E-state index in [1.165, 1.54) is 35.1 Å². The smallest absolute Gasteiger partial charge is 0.0794 e. The molecule has 2 heteroatoms. The fraction of sp³-hybridized carbons (Fsp3) is 0.647. The third kappa shape index (κ3) is 3.18. The number of ether oxygens (including phenoxy) is 1. The van der Waals surface area contributed by atoms with Crippen LogP contribution in [0.4, 0.5) is 0 Å². The molecule has 0 aromatic heterocycles. The minimum Gasteiger partial charge on any atom is -0.379 e. The van der Waals surface area contributed by atoms with Crippen molar-refractivity contribution < 1.29 is 4.74 Å². The first-order valence-electron chi connectivity index (χ1n) is 7.42. The summed E-state index contributed by atoms with van der Waals surface area (Å²) in [6, 6.07) is 4.96. The number of hydrogen-bond acceptors (Lipinski definition) is 2. The molecule has 0 spiro atoms. The van der Waals surface area contributed by atoms with Crippen molar-refractivity contribution in [3.05, 3.63) is 34.4 Å². The number of benzene rings is 1. The minimum absolute atomic E-state index is 0.306. The van der Waals surface area contributed by atoms with Crippen LogP contribution in [0, 0.1) is 26.7 Å². The second-order valence-corrected chi connectivity index (χ2v) is 5.87. The van der Waals surface area contributed by atoms with Gasteiger partial charge in [-0.3, -0.25) is 0 Å². The molecule has 1 aliphatic carbocycles. The van der Waals surface area contributed by atoms with Crippen LogP contribution in [0.2, 0.25) is 0 Å². The Kier molecular flexibility index (Phi) is 4.64. The molecule has 106 valence electrons. The van der Waals surface area contributed by atoms with Crippen LogP contribution in [-0.4, -0.2) is 19.8 Å². The zero-order chi connectivity index (χ0) is 14.0. The van der Waals surface area contributed by atoms with Crippen molar-refractivity contribution in [1.29, 1.82) is 0 Å². The van der Waals surface area contributed by atoms with Crippen LogP contribution < -0.4 is 5.32 Å². The van der Waals surface area contributed by atoms with E-state index in [1.807, 2.05) is 7.11 Å². The lowest BCUT2D eigenvalue weighted by Crippen LogP contribution is -2.35. The Morgan fingerprint density at radius 1 is 1.16 bits per heavy atom. The van der Waals surface area contributed by atoms with Crippen LogP contribution in [0.25, 0.3) is 0 Å². The van der Waals surface area contributed by atoms with E-state index in [2.05, 4.69) is 45.1 Å². The molecule has 0 heterocycles. The Hall–Kier alpha value is -0.860. The summed E-state index contributed by atoms with van der Waals surface area (Å²) in [5.74, 6) is 0.732. The molecule has 2 rings (SSSR count). The van der Waals surface area contributed by atoms with E-state index in [1.54, 1.807) is 0 Å². The van der Waals surface area contributed by atoms with Gasteiger partial charge in [0.05, 0.1) is 12.1 Å². The van der Waals surface area contributed by atoms with Gasteiger partial charge < -0.3 is 10.1 Å². The molecule has 1 aliphatic rings. The maximum Gasteiger partial charge on any atom is 0.0794 e. The van der Waals surface area contributed by atoms with Gasteiger partial charge in [0.25, 0.3) is 0 Å². The SMILES string of the molecule is CCNC(c1cc(C)c(C)cc1C)C(OC)C1CC1. The first-order chi connectivity index (χ1) is 9.08. The largest absolute Gasteiger partial charge is 0.379 e. The Labute approximate surface area is 117 Å². The predicted molar refractivity (Wildman–Crippen MR) is 80.6 cm³/mol. The van der Waals surface area contributed by atoms with E-state index in [4.69, 9.17) is 4.74 Å². The summed E-state index contributed by atoms with van der Waals surface area (Å²) < 4.78 is 5.81. The molecular weight excluding hydrogens is 234 g/mol. The van der Waals surface area contributed by atoms with Crippen molar-refractivity contribution in [2.45, 2.75) is 52.7 Å². The molecule has 1 N–H and O–H groups in total. The highest BCUT2D eigenvalue weighted by molar-refractivity contribution is 5.39. The lowest BCUT2D eigenvalue weighted by molar-refractivity contribution is 0.0509. The molecule has 1 saturated carbocycles. The summed E-state index contributed by atoms with van der Waals surface area (Å²) in [4.78, 5) is 0. The highest BCUT2D eigenvalue weighted by atomic mass is 16.5. The maximum atomic E-state index is 5.81. The van der Waals surface area contributed by atoms with E-state index in [9.17, 15) is 0 Å². The molecule has 0 aliphatic heterocycles. The lowest BCUT2D eigenvalue weighted by Gasteiger charge is -2.29. The van der Waals surface area contributed by atoms with E-state index in [-0.39, 0.29) is 0 Å². The summed E-state index contributed by atoms with van der Waals surface area (Å²) in [6.07, 6.45) is 2.93. The summed E-state index contributed by atoms with van der Waals surface area (Å²) >= 11 is 0. The molecule has 0 saturated heterocycles. The molecule has 0 radical (unpaired) electrons. The van der Waals surface area contributed by atoms with E-state index >= 15 is 0 Å². The second kappa shape index (κ2) is 6.06. The average molecular weight is 261 g/mol. The fourth-order valence-corrected chi connectivity index (χ4v) is 2.97. The molecule has 0 amide bonds. The van der Waals surface area contributed by atoms with Gasteiger partial charge in [-0.15, -0.1) is 0 Å². The zero-order valence-corrected chi connectivity index (χ0v) is 12.9. The topological polar surface area (TPSA) is 21.3 Å². The fourth-order valence-electron chi connectivity index (χ4n) is 2.97. The second-order valence-electron chi connectivity index (χ2n) is 5.87. The van der Waals surface area contributed by atoms with Gasteiger partial charge in [0.2, 0.25) is 0 Å². The van der Waals surface area contributed by atoms with E-state index in [0.717, 1.165) is 12.5 Å². The van der Waals surface area contributed by atoms with Crippen LogP contribution in [0.5, 0.6) is 0 Å². The van der Waals surface area contributed by atoms with Crippen molar-refractivity contribution in [1.82, 2.24) is 5.32 Å². The highest BCUT2D eigenvalue weighted by Gasteiger charge is 2.37. The number of aryl methyl sites for hydroxylation is 3.